The first-order valence-electron chi connectivity index (χ1n) is 16.4. The van der Waals surface area contributed by atoms with Crippen molar-refractivity contribution in [2.24, 2.45) is 0 Å². The molecule has 0 saturated carbocycles. The lowest BCUT2D eigenvalue weighted by Crippen LogP contribution is -2.24. The van der Waals surface area contributed by atoms with Gasteiger partial charge in [0.05, 0.1) is 12.4 Å². The van der Waals surface area contributed by atoms with Crippen LogP contribution in [0.5, 0.6) is 17.2 Å². The third-order valence-corrected chi connectivity index (χ3v) is 13.2. The maximum absolute atomic E-state index is 13.6. The fraction of sp³-hybridized carbons (Fsp3) is 0.135. The summed E-state index contributed by atoms with van der Waals surface area (Å²) in [6.07, 6.45) is 0. The highest BCUT2D eigenvalue weighted by molar-refractivity contribution is 7.61. The number of hydrogen-bond acceptors (Lipinski definition) is 8. The molecule has 57 heavy (non-hydrogen) atoms. The topological polar surface area (TPSA) is 283 Å². The Hall–Kier alpha value is -4.36. The van der Waals surface area contributed by atoms with Crippen molar-refractivity contribution in [1.29, 1.82) is 0 Å². The van der Waals surface area contributed by atoms with Gasteiger partial charge < -0.3 is 48.6 Å². The lowest BCUT2D eigenvalue weighted by molar-refractivity contribution is 0.103. The Kier molecular flexibility index (Phi) is 12.1. The Morgan fingerprint density at radius 1 is 0.491 bits per heavy atom. The molecule has 0 aliphatic carbocycles. The van der Waals surface area contributed by atoms with Crippen molar-refractivity contribution in [1.82, 2.24) is 0 Å². The molecule has 5 aromatic carbocycles. The van der Waals surface area contributed by atoms with E-state index in [0.29, 0.717) is 5.56 Å². The maximum atomic E-state index is 13.6. The van der Waals surface area contributed by atoms with Crippen LogP contribution in [0.25, 0.3) is 0 Å². The van der Waals surface area contributed by atoms with Crippen LogP contribution in [0.15, 0.2) is 97.1 Å². The molecule has 5 aromatic rings. The number of carbonyl (C=O) groups is 2. The summed E-state index contributed by atoms with van der Waals surface area (Å²) < 4.78 is 60.4. The van der Waals surface area contributed by atoms with Gasteiger partial charge in [0.25, 0.3) is 0 Å². The first kappa shape index (κ1) is 43.8. The number of hydrogen-bond donors (Lipinski definition) is 8. The van der Waals surface area contributed by atoms with E-state index >= 15 is 0 Å². The summed E-state index contributed by atoms with van der Waals surface area (Å²) in [7, 11) is -18.7. The van der Waals surface area contributed by atoms with Crippen molar-refractivity contribution >= 4 is 63.2 Å². The highest BCUT2D eigenvalue weighted by Crippen LogP contribution is 2.45. The average Bonchev–Trinajstić information content (AvgIpc) is 3.12. The van der Waals surface area contributed by atoms with E-state index in [2.05, 4.69) is 0 Å². The van der Waals surface area contributed by atoms with E-state index in [4.69, 9.17) is 9.47 Å². The van der Waals surface area contributed by atoms with Gasteiger partial charge in [0.2, 0.25) is 0 Å². The Morgan fingerprint density at radius 2 is 0.860 bits per heavy atom. The first-order valence-corrected chi connectivity index (χ1v) is 22.9. The summed E-state index contributed by atoms with van der Waals surface area (Å²) in [6, 6.07) is 19.9. The van der Waals surface area contributed by atoms with E-state index in [9.17, 15) is 67.0 Å². The molecule has 0 spiro atoms. The molecule has 0 amide bonds. The van der Waals surface area contributed by atoms with E-state index in [-0.39, 0.29) is 44.4 Å². The van der Waals surface area contributed by atoms with Crippen molar-refractivity contribution in [3.63, 3.8) is 0 Å². The van der Waals surface area contributed by atoms with E-state index in [0.717, 1.165) is 36.4 Å². The Bertz CT molecular complexity index is 2630. The maximum Gasteiger partial charge on any atom is 0.360 e. The molecular formula is C37H36O16P4. The Balaban J connectivity index is 1.50. The molecule has 0 aliphatic rings. The predicted octanol–water partition coefficient (Wildman–Crippen LogP) is 3.80. The van der Waals surface area contributed by atoms with E-state index in [1.54, 1.807) is 13.8 Å². The smallest absolute Gasteiger partial charge is 0.360 e. The second-order valence-corrected chi connectivity index (χ2v) is 19.7. The third kappa shape index (κ3) is 9.52. The molecule has 300 valence electrons. The van der Waals surface area contributed by atoms with Gasteiger partial charge in [-0.1, -0.05) is 56.3 Å². The lowest BCUT2D eigenvalue weighted by atomic mass is 9.78. The summed E-state index contributed by atoms with van der Waals surface area (Å²) in [6.45, 7) is 4.74. The van der Waals surface area contributed by atoms with E-state index in [1.165, 1.54) is 74.7 Å². The fourth-order valence-corrected chi connectivity index (χ4v) is 9.01. The minimum atomic E-state index is -5.26. The van der Waals surface area contributed by atoms with Gasteiger partial charge in [-0.2, -0.15) is 0 Å². The molecule has 8 N–H and O–H groups in total. The molecule has 0 saturated heterocycles. The van der Waals surface area contributed by atoms with Crippen molar-refractivity contribution in [3.8, 4) is 17.2 Å². The van der Waals surface area contributed by atoms with Gasteiger partial charge in [-0.05, 0) is 78.2 Å². The zero-order chi connectivity index (χ0) is 42.5. The van der Waals surface area contributed by atoms with Crippen LogP contribution in [0.4, 0.5) is 0 Å². The molecule has 0 fully saturated rings. The zero-order valence-corrected chi connectivity index (χ0v) is 33.9. The summed E-state index contributed by atoms with van der Waals surface area (Å²) in [5, 5.41) is -2.24. The second-order valence-electron chi connectivity index (χ2n) is 13.4. The van der Waals surface area contributed by atoms with E-state index in [1.807, 2.05) is 0 Å². The number of carbonyl (C=O) groups excluding carboxylic acids is 2. The molecule has 16 nitrogen and oxygen atoms in total. The summed E-state index contributed by atoms with van der Waals surface area (Å²) >= 11 is 0. The second kappa shape index (κ2) is 15.8. The largest absolute Gasteiger partial charge is 0.496 e. The normalized spacial score (nSPS) is 12.6. The molecule has 0 aromatic heterocycles. The van der Waals surface area contributed by atoms with Gasteiger partial charge in [-0.25, -0.2) is 0 Å². The lowest BCUT2D eigenvalue weighted by Gasteiger charge is -2.28. The minimum absolute atomic E-state index is 0.0256. The number of benzene rings is 5. The molecule has 0 radical (unpaired) electrons. The van der Waals surface area contributed by atoms with Crippen LogP contribution < -0.4 is 30.7 Å². The molecule has 0 bridgehead atoms. The van der Waals surface area contributed by atoms with Gasteiger partial charge in [-0.3, -0.25) is 27.8 Å². The SMILES string of the molecule is COc1ccc(C(C)(C)c2ccc(Oc3ccc(C(=O)c4cccc(C(=O)c5ccc(C)c(P(=O)(O)O)c5)c4)cc3P(=O)(O)O)c(P(=O)(O)O)c2)cc1P(=O)(O)O. The number of ether oxygens (including phenoxy) is 2. The summed E-state index contributed by atoms with van der Waals surface area (Å²) in [4.78, 5) is 107. The van der Waals surface area contributed by atoms with Crippen LogP contribution in [0.1, 0.15) is 62.4 Å². The van der Waals surface area contributed by atoms with Crippen molar-refractivity contribution < 1.29 is 76.5 Å². The Labute approximate surface area is 325 Å². The quantitative estimate of drug-likeness (QED) is 0.0617. The van der Waals surface area contributed by atoms with Crippen molar-refractivity contribution in [3.05, 3.63) is 136 Å². The highest BCUT2D eigenvalue weighted by atomic mass is 31.2. The standard InChI is InChI=1S/C37H36O16P4/c1-21-8-9-24(17-31(21)54(40,41)42)35(38)22-6-5-7-23(16-22)36(39)25-10-13-29(32(18-25)55(43,44)45)53-30-15-12-27(20-34(30)57(49,50)51)37(2,3)26-11-14-28(52-4)33(19-26)56(46,47)48/h5-20H,1-4H3,(H2,40,41,42)(H2,43,44,45)(H2,46,47,48)(H2,49,50,51). The monoisotopic (exact) mass is 860 g/mol. The number of ketones is 2. The van der Waals surface area contributed by atoms with Gasteiger partial charge in [0.15, 0.2) is 11.6 Å². The van der Waals surface area contributed by atoms with Gasteiger partial charge in [-0.15, -0.1) is 0 Å². The van der Waals surface area contributed by atoms with Crippen molar-refractivity contribution in [2.75, 3.05) is 7.11 Å². The van der Waals surface area contributed by atoms with Crippen LogP contribution in [0.3, 0.4) is 0 Å². The average molecular weight is 861 g/mol. The van der Waals surface area contributed by atoms with Crippen LogP contribution in [-0.4, -0.2) is 57.8 Å². The van der Waals surface area contributed by atoms with Crippen LogP contribution in [-0.2, 0) is 23.7 Å². The fourth-order valence-electron chi connectivity index (χ4n) is 5.98. The van der Waals surface area contributed by atoms with Crippen LogP contribution in [0.2, 0.25) is 0 Å². The molecule has 0 aliphatic heterocycles. The highest BCUT2D eigenvalue weighted by Gasteiger charge is 2.33. The van der Waals surface area contributed by atoms with E-state index < -0.39 is 74.8 Å². The van der Waals surface area contributed by atoms with Crippen molar-refractivity contribution in [2.45, 2.75) is 26.2 Å². The molecule has 0 atom stereocenters. The van der Waals surface area contributed by atoms with Crippen LogP contribution in [0, 0.1) is 6.92 Å². The Morgan fingerprint density at radius 3 is 1.32 bits per heavy atom. The molecule has 5 rings (SSSR count). The number of methoxy groups -OCH3 is 1. The minimum Gasteiger partial charge on any atom is -0.496 e. The summed E-state index contributed by atoms with van der Waals surface area (Å²) in [5.41, 5.74) is -0.692. The van der Waals surface area contributed by atoms with Gasteiger partial charge >= 0.3 is 30.4 Å². The number of aryl methyl sites for hydroxylation is 1. The molecule has 20 heteroatoms. The predicted molar refractivity (Wildman–Crippen MR) is 209 cm³/mol. The molecule has 0 heterocycles. The van der Waals surface area contributed by atoms with Gasteiger partial charge in [0, 0.05) is 27.7 Å². The first-order chi connectivity index (χ1) is 26.2. The zero-order valence-electron chi connectivity index (χ0n) is 30.4. The number of rotatable bonds is 13. The summed E-state index contributed by atoms with van der Waals surface area (Å²) in [5.74, 6) is -2.56. The molecule has 0 unspecified atom stereocenters. The molecular weight excluding hydrogens is 824 g/mol. The third-order valence-electron chi connectivity index (χ3n) is 9.14. The van der Waals surface area contributed by atoms with Gasteiger partial charge in [0.1, 0.15) is 33.2 Å². The van der Waals surface area contributed by atoms with Crippen LogP contribution >= 0.6 is 30.4 Å².